The quantitative estimate of drug-likeness (QED) is 0.837. The SMILES string of the molecule is CCC(Nc1cccc(OC)c1)c1cccc(Cl)c1. The number of ether oxygens (including phenoxy) is 1. The molecule has 1 unspecified atom stereocenters. The molecule has 3 heteroatoms. The Hall–Kier alpha value is -1.67. The number of anilines is 1. The maximum atomic E-state index is 6.05. The smallest absolute Gasteiger partial charge is 0.120 e. The third-order valence-corrected chi connectivity index (χ3v) is 3.31. The fourth-order valence-electron chi connectivity index (χ4n) is 2.06. The first-order valence-corrected chi connectivity index (χ1v) is 6.76. The van der Waals surface area contributed by atoms with Crippen LogP contribution < -0.4 is 10.1 Å². The topological polar surface area (TPSA) is 21.3 Å². The van der Waals surface area contributed by atoms with Crippen molar-refractivity contribution < 1.29 is 4.74 Å². The molecule has 0 aromatic heterocycles. The Morgan fingerprint density at radius 1 is 1.16 bits per heavy atom. The maximum absolute atomic E-state index is 6.05. The molecule has 0 saturated carbocycles. The summed E-state index contributed by atoms with van der Waals surface area (Å²) in [6, 6.07) is 16.2. The summed E-state index contributed by atoms with van der Waals surface area (Å²) in [6.45, 7) is 2.15. The lowest BCUT2D eigenvalue weighted by Gasteiger charge is -2.19. The molecule has 2 rings (SSSR count). The van der Waals surface area contributed by atoms with Crippen molar-refractivity contribution in [1.82, 2.24) is 0 Å². The summed E-state index contributed by atoms with van der Waals surface area (Å²) < 4.78 is 5.23. The van der Waals surface area contributed by atoms with Crippen LogP contribution in [0.4, 0.5) is 5.69 Å². The minimum absolute atomic E-state index is 0.241. The normalized spacial score (nSPS) is 11.9. The van der Waals surface area contributed by atoms with Gasteiger partial charge in [-0.1, -0.05) is 36.7 Å². The lowest BCUT2D eigenvalue weighted by atomic mass is 10.0. The Bertz CT molecular complexity index is 542. The van der Waals surface area contributed by atoms with Crippen molar-refractivity contribution in [2.24, 2.45) is 0 Å². The van der Waals surface area contributed by atoms with Gasteiger partial charge in [-0.3, -0.25) is 0 Å². The van der Waals surface area contributed by atoms with Crippen molar-refractivity contribution in [3.05, 3.63) is 59.1 Å². The van der Waals surface area contributed by atoms with Crippen molar-refractivity contribution in [3.8, 4) is 5.75 Å². The molecule has 1 N–H and O–H groups in total. The van der Waals surface area contributed by atoms with Crippen LogP contribution in [0.15, 0.2) is 48.5 Å². The van der Waals surface area contributed by atoms with Crippen LogP contribution in [0.1, 0.15) is 24.9 Å². The van der Waals surface area contributed by atoms with Gasteiger partial charge in [0.05, 0.1) is 13.2 Å². The van der Waals surface area contributed by atoms with E-state index in [-0.39, 0.29) is 6.04 Å². The summed E-state index contributed by atoms with van der Waals surface area (Å²) >= 11 is 6.05. The molecule has 0 spiro atoms. The number of hydrogen-bond donors (Lipinski definition) is 1. The van der Waals surface area contributed by atoms with Crippen LogP contribution in [-0.4, -0.2) is 7.11 Å². The van der Waals surface area contributed by atoms with E-state index in [1.165, 1.54) is 5.56 Å². The number of hydrogen-bond acceptors (Lipinski definition) is 2. The molecule has 0 bridgehead atoms. The van der Waals surface area contributed by atoms with Gasteiger partial charge in [-0.25, -0.2) is 0 Å². The zero-order valence-electron chi connectivity index (χ0n) is 11.2. The first kappa shape index (κ1) is 13.8. The summed E-state index contributed by atoms with van der Waals surface area (Å²) in [5.74, 6) is 0.853. The summed E-state index contributed by atoms with van der Waals surface area (Å²) in [6.07, 6.45) is 0.984. The first-order chi connectivity index (χ1) is 9.22. The Kier molecular flexibility index (Phi) is 4.69. The molecule has 1 atom stereocenters. The van der Waals surface area contributed by atoms with Crippen molar-refractivity contribution in [3.63, 3.8) is 0 Å². The summed E-state index contributed by atoms with van der Waals surface area (Å²) in [5, 5.41) is 4.28. The largest absolute Gasteiger partial charge is 0.497 e. The predicted octanol–water partition coefficient (Wildman–Crippen LogP) is 4.91. The molecule has 0 aliphatic heterocycles. The third-order valence-electron chi connectivity index (χ3n) is 3.07. The molecule has 0 saturated heterocycles. The van der Waals surface area contributed by atoms with Crippen molar-refractivity contribution in [2.45, 2.75) is 19.4 Å². The van der Waals surface area contributed by atoms with Crippen LogP contribution in [0.25, 0.3) is 0 Å². The summed E-state index contributed by atoms with van der Waals surface area (Å²) in [4.78, 5) is 0. The van der Waals surface area contributed by atoms with Crippen molar-refractivity contribution >= 4 is 17.3 Å². The molecule has 100 valence electrons. The second-order valence-electron chi connectivity index (χ2n) is 4.39. The average molecular weight is 276 g/mol. The number of benzene rings is 2. The highest BCUT2D eigenvalue weighted by molar-refractivity contribution is 6.30. The van der Waals surface area contributed by atoms with E-state index in [2.05, 4.69) is 18.3 Å². The number of nitrogens with one attached hydrogen (secondary N) is 1. The lowest BCUT2D eigenvalue weighted by molar-refractivity contribution is 0.415. The predicted molar refractivity (Wildman–Crippen MR) is 81.1 cm³/mol. The van der Waals surface area contributed by atoms with Gasteiger partial charge in [-0.15, -0.1) is 0 Å². The van der Waals surface area contributed by atoms with Crippen molar-refractivity contribution in [2.75, 3.05) is 12.4 Å². The standard InChI is InChI=1S/C16H18ClNO/c1-3-16(12-6-4-7-13(17)10-12)18-14-8-5-9-15(11-14)19-2/h4-11,16,18H,3H2,1-2H3. The summed E-state index contributed by atoms with van der Waals surface area (Å²) in [7, 11) is 1.67. The van der Waals surface area contributed by atoms with E-state index in [1.54, 1.807) is 7.11 Å². The lowest BCUT2D eigenvalue weighted by Crippen LogP contribution is -2.09. The van der Waals surface area contributed by atoms with E-state index >= 15 is 0 Å². The van der Waals surface area contributed by atoms with Gasteiger partial charge in [0.2, 0.25) is 0 Å². The molecule has 2 aromatic rings. The van der Waals surface area contributed by atoms with Gasteiger partial charge in [-0.2, -0.15) is 0 Å². The van der Waals surface area contributed by atoms with Crippen LogP contribution in [0.2, 0.25) is 5.02 Å². The Balaban J connectivity index is 2.18. The van der Waals surface area contributed by atoms with Gasteiger partial charge in [0, 0.05) is 16.8 Å². The maximum Gasteiger partial charge on any atom is 0.120 e. The van der Waals surface area contributed by atoms with E-state index in [4.69, 9.17) is 16.3 Å². The molecule has 0 aliphatic carbocycles. The molecule has 0 amide bonds. The van der Waals surface area contributed by atoms with E-state index < -0.39 is 0 Å². The summed E-state index contributed by atoms with van der Waals surface area (Å²) in [5.41, 5.74) is 2.24. The molecule has 0 radical (unpaired) electrons. The molecule has 0 heterocycles. The fourth-order valence-corrected chi connectivity index (χ4v) is 2.26. The zero-order chi connectivity index (χ0) is 13.7. The molecule has 0 aliphatic rings. The van der Waals surface area contributed by atoms with Gasteiger partial charge in [0.15, 0.2) is 0 Å². The number of methoxy groups -OCH3 is 1. The zero-order valence-corrected chi connectivity index (χ0v) is 11.9. The second-order valence-corrected chi connectivity index (χ2v) is 4.83. The van der Waals surface area contributed by atoms with Crippen LogP contribution in [0, 0.1) is 0 Å². The highest BCUT2D eigenvalue weighted by Gasteiger charge is 2.09. The van der Waals surface area contributed by atoms with E-state index in [0.717, 1.165) is 22.9 Å². The molecular formula is C16H18ClNO. The molecule has 2 aromatic carbocycles. The van der Waals surface area contributed by atoms with Gasteiger partial charge < -0.3 is 10.1 Å². The fraction of sp³-hybridized carbons (Fsp3) is 0.250. The monoisotopic (exact) mass is 275 g/mol. The minimum Gasteiger partial charge on any atom is -0.497 e. The van der Waals surface area contributed by atoms with Gasteiger partial charge >= 0.3 is 0 Å². The van der Waals surface area contributed by atoms with Crippen LogP contribution in [0.5, 0.6) is 5.75 Å². The molecule has 0 fully saturated rings. The van der Waals surface area contributed by atoms with E-state index in [1.807, 2.05) is 42.5 Å². The Morgan fingerprint density at radius 3 is 2.63 bits per heavy atom. The van der Waals surface area contributed by atoms with E-state index in [9.17, 15) is 0 Å². The van der Waals surface area contributed by atoms with Gasteiger partial charge in [-0.05, 0) is 36.2 Å². The van der Waals surface area contributed by atoms with Crippen LogP contribution in [0.3, 0.4) is 0 Å². The molecule has 19 heavy (non-hydrogen) atoms. The van der Waals surface area contributed by atoms with Crippen LogP contribution >= 0.6 is 11.6 Å². The Morgan fingerprint density at radius 2 is 1.95 bits per heavy atom. The Labute approximate surface area is 119 Å². The minimum atomic E-state index is 0.241. The highest BCUT2D eigenvalue weighted by Crippen LogP contribution is 2.26. The average Bonchev–Trinajstić information content (AvgIpc) is 2.45. The molecule has 2 nitrogen and oxygen atoms in total. The highest BCUT2D eigenvalue weighted by atomic mass is 35.5. The number of rotatable bonds is 5. The van der Waals surface area contributed by atoms with Gasteiger partial charge in [0.25, 0.3) is 0 Å². The first-order valence-electron chi connectivity index (χ1n) is 6.39. The van der Waals surface area contributed by atoms with Gasteiger partial charge in [0.1, 0.15) is 5.75 Å². The molecular weight excluding hydrogens is 258 g/mol. The van der Waals surface area contributed by atoms with Crippen LogP contribution in [-0.2, 0) is 0 Å². The van der Waals surface area contributed by atoms with E-state index in [0.29, 0.717) is 0 Å². The number of halogens is 1. The second kappa shape index (κ2) is 6.48. The van der Waals surface area contributed by atoms with Crippen molar-refractivity contribution in [1.29, 1.82) is 0 Å². The third kappa shape index (κ3) is 3.65.